The monoisotopic (exact) mass is 544 g/mol. The van der Waals surface area contributed by atoms with E-state index in [1.807, 2.05) is 0 Å². The maximum absolute atomic E-state index is 14.5. The largest absolute Gasteiger partial charge is 0.435 e. The summed E-state index contributed by atoms with van der Waals surface area (Å²) >= 11 is 0. The number of alkyl halides is 7. The van der Waals surface area contributed by atoms with Gasteiger partial charge in [-0.2, -0.15) is 26.3 Å². The third-order valence-corrected chi connectivity index (χ3v) is 8.48. The zero-order valence-corrected chi connectivity index (χ0v) is 20.2. The molecule has 0 aromatic heterocycles. The molecule has 1 aromatic carbocycles. The molecule has 3 aliphatic rings. The number of amides is 1. The van der Waals surface area contributed by atoms with Crippen molar-refractivity contribution in [2.75, 3.05) is 12.8 Å². The molecular formula is C23H27F7N2O3S. The molecule has 1 amide bonds. The minimum absolute atomic E-state index is 0.0581. The number of hydrogen-bond acceptors (Lipinski definition) is 3. The highest BCUT2D eigenvalue weighted by Crippen LogP contribution is 2.54. The summed E-state index contributed by atoms with van der Waals surface area (Å²) in [5.74, 6) is -0.575. The average molecular weight is 545 g/mol. The lowest BCUT2D eigenvalue weighted by molar-refractivity contribution is -0.348. The van der Waals surface area contributed by atoms with Gasteiger partial charge in [-0.05, 0) is 56.1 Å². The molecule has 36 heavy (non-hydrogen) atoms. The first-order chi connectivity index (χ1) is 16.5. The normalized spacial score (nSPS) is 27.5. The summed E-state index contributed by atoms with van der Waals surface area (Å²) in [4.78, 5) is 15.0. The first-order valence-corrected chi connectivity index (χ1v) is 13.7. The first-order valence-electron chi connectivity index (χ1n) is 11.8. The number of nitrogens with zero attached hydrogens (tertiary/aromatic N) is 1. The van der Waals surface area contributed by atoms with Crippen LogP contribution in [0.4, 0.5) is 30.7 Å². The number of nitrogens with one attached hydrogen (secondary N) is 1. The van der Waals surface area contributed by atoms with Gasteiger partial charge in [-0.1, -0.05) is 18.2 Å². The molecule has 1 aliphatic heterocycles. The average Bonchev–Trinajstić information content (AvgIpc) is 3.20. The Kier molecular flexibility index (Phi) is 6.89. The molecule has 0 radical (unpaired) electrons. The summed E-state index contributed by atoms with van der Waals surface area (Å²) in [7, 11) is -3.34. The number of aryl methyl sites for hydroxylation is 1. The Morgan fingerprint density at radius 3 is 2.11 bits per heavy atom. The van der Waals surface area contributed by atoms with Crippen LogP contribution < -0.4 is 4.72 Å². The standard InChI is InChI=1S/C23H27F7N2O3S/c1-36(34,35)31-16-6-2-13(3-7-16)20(33)32-11-10-18-17-8-5-15(12-14(17)4-9-19(18)32)21(24,22(25,26)27)23(28,29)30/h5,8,12-13,16,18-19,31H,2-4,6-7,9-11H2,1H3/t13?,16?,18-,19+/m0/s1. The number of benzene rings is 1. The van der Waals surface area contributed by atoms with Gasteiger partial charge in [0.2, 0.25) is 15.9 Å². The molecule has 1 aromatic rings. The number of fused-ring (bicyclic) bond motifs is 3. The van der Waals surface area contributed by atoms with Gasteiger partial charge >= 0.3 is 18.0 Å². The topological polar surface area (TPSA) is 66.5 Å². The molecule has 4 rings (SSSR count). The molecule has 1 saturated heterocycles. The number of rotatable bonds is 4. The molecule has 1 saturated carbocycles. The van der Waals surface area contributed by atoms with E-state index in [-0.39, 0.29) is 41.8 Å². The summed E-state index contributed by atoms with van der Waals surface area (Å²) in [5.41, 5.74) is -6.15. The van der Waals surface area contributed by atoms with Crippen LogP contribution in [0, 0.1) is 5.92 Å². The maximum atomic E-state index is 14.5. The van der Waals surface area contributed by atoms with Crippen molar-refractivity contribution in [3.63, 3.8) is 0 Å². The Labute approximate surface area is 204 Å². The van der Waals surface area contributed by atoms with E-state index in [9.17, 15) is 43.9 Å². The van der Waals surface area contributed by atoms with Crippen LogP contribution in [0.3, 0.4) is 0 Å². The van der Waals surface area contributed by atoms with Crippen LogP contribution in [0.15, 0.2) is 18.2 Å². The Morgan fingerprint density at radius 1 is 0.944 bits per heavy atom. The van der Waals surface area contributed by atoms with E-state index in [4.69, 9.17) is 0 Å². The Bertz CT molecular complexity index is 1100. The zero-order chi connectivity index (χ0) is 26.7. The summed E-state index contributed by atoms with van der Waals surface area (Å²) in [6, 6.07) is 1.92. The molecule has 13 heteroatoms. The van der Waals surface area contributed by atoms with Crippen molar-refractivity contribution < 1.29 is 43.9 Å². The fourth-order valence-electron chi connectivity index (χ4n) is 6.03. The second kappa shape index (κ2) is 9.14. The van der Waals surface area contributed by atoms with Crippen LogP contribution in [0.5, 0.6) is 0 Å². The summed E-state index contributed by atoms with van der Waals surface area (Å²) in [6.07, 6.45) is -8.15. The summed E-state index contributed by atoms with van der Waals surface area (Å²) in [6.45, 7) is 0.412. The molecule has 5 nitrogen and oxygen atoms in total. The van der Waals surface area contributed by atoms with Crippen molar-refractivity contribution in [1.29, 1.82) is 0 Å². The molecule has 2 atom stereocenters. The molecule has 0 unspecified atom stereocenters. The molecule has 0 spiro atoms. The lowest BCUT2D eigenvalue weighted by atomic mass is 9.77. The van der Waals surface area contributed by atoms with Crippen LogP contribution in [-0.4, -0.2) is 56.5 Å². The molecule has 2 fully saturated rings. The number of carbonyl (C=O) groups excluding carboxylic acids is 1. The fourth-order valence-corrected chi connectivity index (χ4v) is 6.87. The van der Waals surface area contributed by atoms with E-state index in [0.29, 0.717) is 62.8 Å². The van der Waals surface area contributed by atoms with Gasteiger partial charge in [0.1, 0.15) is 0 Å². The third-order valence-electron chi connectivity index (χ3n) is 7.72. The van der Waals surface area contributed by atoms with Gasteiger partial charge in [-0.25, -0.2) is 17.5 Å². The molecular weight excluding hydrogens is 517 g/mol. The van der Waals surface area contributed by atoms with Crippen LogP contribution >= 0.6 is 0 Å². The van der Waals surface area contributed by atoms with Gasteiger partial charge in [0.25, 0.3) is 0 Å². The second-order valence-electron chi connectivity index (χ2n) is 10.0. The second-order valence-corrected chi connectivity index (χ2v) is 11.8. The van der Waals surface area contributed by atoms with E-state index in [2.05, 4.69) is 4.72 Å². The lowest BCUT2D eigenvalue weighted by Gasteiger charge is -2.37. The quantitative estimate of drug-likeness (QED) is 0.559. The molecule has 2 aliphatic carbocycles. The van der Waals surface area contributed by atoms with Gasteiger partial charge in [0, 0.05) is 36.0 Å². The number of carbonyl (C=O) groups is 1. The summed E-state index contributed by atoms with van der Waals surface area (Å²) in [5, 5.41) is 0. The predicted octanol–water partition coefficient (Wildman–Crippen LogP) is 4.71. The lowest BCUT2D eigenvalue weighted by Crippen LogP contribution is -2.50. The van der Waals surface area contributed by atoms with Crippen LogP contribution in [0.2, 0.25) is 0 Å². The first kappa shape index (κ1) is 27.2. The van der Waals surface area contributed by atoms with E-state index in [1.165, 1.54) is 0 Å². The van der Waals surface area contributed by atoms with Crippen LogP contribution in [-0.2, 0) is 26.9 Å². The Morgan fingerprint density at radius 2 is 1.56 bits per heavy atom. The van der Waals surface area contributed by atoms with Crippen molar-refractivity contribution in [3.05, 3.63) is 34.9 Å². The van der Waals surface area contributed by atoms with Crippen molar-refractivity contribution in [1.82, 2.24) is 9.62 Å². The van der Waals surface area contributed by atoms with E-state index < -0.39 is 33.6 Å². The van der Waals surface area contributed by atoms with Crippen LogP contribution in [0.25, 0.3) is 0 Å². The van der Waals surface area contributed by atoms with Crippen molar-refractivity contribution in [3.8, 4) is 0 Å². The number of sulfonamides is 1. The van der Waals surface area contributed by atoms with Gasteiger partial charge in [-0.3, -0.25) is 4.79 Å². The van der Waals surface area contributed by atoms with Crippen LogP contribution in [0.1, 0.15) is 61.1 Å². The molecule has 202 valence electrons. The molecule has 1 N–H and O–H groups in total. The Hall–Kier alpha value is -1.89. The van der Waals surface area contributed by atoms with Crippen molar-refractivity contribution in [2.45, 2.75) is 81.0 Å². The highest BCUT2D eigenvalue weighted by Gasteiger charge is 2.73. The van der Waals surface area contributed by atoms with Crippen molar-refractivity contribution >= 4 is 15.9 Å². The minimum atomic E-state index is -6.16. The van der Waals surface area contributed by atoms with E-state index in [1.54, 1.807) is 4.90 Å². The fraction of sp³-hybridized carbons (Fsp3) is 0.696. The smallest absolute Gasteiger partial charge is 0.339 e. The highest BCUT2D eigenvalue weighted by molar-refractivity contribution is 7.88. The van der Waals surface area contributed by atoms with Gasteiger partial charge < -0.3 is 4.90 Å². The summed E-state index contributed by atoms with van der Waals surface area (Å²) < 4.78 is 119. The van der Waals surface area contributed by atoms with Gasteiger partial charge in [0.15, 0.2) is 0 Å². The molecule has 0 bridgehead atoms. The number of halogens is 7. The van der Waals surface area contributed by atoms with E-state index >= 15 is 0 Å². The van der Waals surface area contributed by atoms with E-state index in [0.717, 1.165) is 12.3 Å². The predicted molar refractivity (Wildman–Crippen MR) is 116 cm³/mol. The number of hydrogen-bond donors (Lipinski definition) is 1. The third kappa shape index (κ3) is 4.84. The highest BCUT2D eigenvalue weighted by atomic mass is 32.2. The maximum Gasteiger partial charge on any atom is 0.435 e. The van der Waals surface area contributed by atoms with Gasteiger partial charge in [-0.15, -0.1) is 0 Å². The molecule has 1 heterocycles. The van der Waals surface area contributed by atoms with Crippen molar-refractivity contribution in [2.24, 2.45) is 5.92 Å². The SMILES string of the molecule is CS(=O)(=O)NC1CCC(C(=O)N2CC[C@H]3c4ccc(C(F)(C(F)(F)F)C(F)(F)F)cc4CC[C@H]32)CC1. The number of likely N-dealkylation sites (tertiary alicyclic amines) is 1. The minimum Gasteiger partial charge on any atom is -0.339 e. The zero-order valence-electron chi connectivity index (χ0n) is 19.4. The van der Waals surface area contributed by atoms with Gasteiger partial charge in [0.05, 0.1) is 6.26 Å². The Balaban J connectivity index is 1.49.